The summed E-state index contributed by atoms with van der Waals surface area (Å²) in [5, 5.41) is 0.567. The van der Waals surface area contributed by atoms with E-state index in [0.717, 1.165) is 5.56 Å². The fourth-order valence-electron chi connectivity index (χ4n) is 2.23. The Morgan fingerprint density at radius 3 is 2.48 bits per heavy atom. The molecule has 1 fully saturated rings. The van der Waals surface area contributed by atoms with Gasteiger partial charge in [-0.1, -0.05) is 25.1 Å². The number of hydrogen-bond donors (Lipinski definition) is 0. The van der Waals surface area contributed by atoms with Gasteiger partial charge in [0.25, 0.3) is 11.8 Å². The first-order chi connectivity index (χ1) is 10.0. The molecule has 0 N–H and O–H groups in total. The van der Waals surface area contributed by atoms with Gasteiger partial charge in [-0.3, -0.25) is 9.59 Å². The average Bonchev–Trinajstić information content (AvgIpc) is 2.79. The third-order valence-electron chi connectivity index (χ3n) is 3.34. The van der Waals surface area contributed by atoms with Gasteiger partial charge in [-0.2, -0.15) is 0 Å². The highest BCUT2D eigenvalue weighted by Gasteiger charge is 2.33. The lowest BCUT2D eigenvalue weighted by Gasteiger charge is -2.17. The van der Waals surface area contributed by atoms with E-state index in [1.54, 1.807) is 7.11 Å². The molecule has 0 radical (unpaired) electrons. The second-order valence-corrected chi connectivity index (χ2v) is 4.89. The summed E-state index contributed by atoms with van der Waals surface area (Å²) in [6, 6.07) is 7.37. The van der Waals surface area contributed by atoms with Crippen molar-refractivity contribution >= 4 is 17.8 Å². The molecule has 1 aromatic rings. The van der Waals surface area contributed by atoms with Gasteiger partial charge in [-0.05, 0) is 17.5 Å². The molecule has 0 aromatic heterocycles. The molecule has 1 aliphatic rings. The summed E-state index contributed by atoms with van der Waals surface area (Å²) in [7, 11) is 1.56. The molecule has 2 amide bonds. The Morgan fingerprint density at radius 2 is 1.86 bits per heavy atom. The quantitative estimate of drug-likeness (QED) is 0.773. The van der Waals surface area contributed by atoms with Crippen molar-refractivity contribution in [1.29, 1.82) is 0 Å². The maximum absolute atomic E-state index is 11.9. The van der Waals surface area contributed by atoms with Crippen LogP contribution in [0.3, 0.4) is 0 Å². The standard InChI is InChI=1S/C15H17NO5/c1-10(11-5-3-4-6-12(11)20-2)9-15(19)21-16-13(17)7-8-14(16)18/h3-6,10H,7-9H2,1-2H3. The highest BCUT2D eigenvalue weighted by atomic mass is 16.7. The number of benzene rings is 1. The fraction of sp³-hybridized carbons (Fsp3) is 0.400. The minimum Gasteiger partial charge on any atom is -0.496 e. The van der Waals surface area contributed by atoms with Crippen molar-refractivity contribution in [2.75, 3.05) is 7.11 Å². The van der Waals surface area contributed by atoms with E-state index in [1.807, 2.05) is 31.2 Å². The number of hydrogen-bond acceptors (Lipinski definition) is 5. The Bertz CT molecular complexity index is 553. The molecular formula is C15H17NO5. The van der Waals surface area contributed by atoms with E-state index in [2.05, 4.69) is 0 Å². The first-order valence-corrected chi connectivity index (χ1v) is 6.72. The van der Waals surface area contributed by atoms with E-state index in [9.17, 15) is 14.4 Å². The van der Waals surface area contributed by atoms with Crippen LogP contribution >= 0.6 is 0 Å². The molecule has 0 spiro atoms. The van der Waals surface area contributed by atoms with Crippen LogP contribution in [0.25, 0.3) is 0 Å². The van der Waals surface area contributed by atoms with Gasteiger partial charge in [0.2, 0.25) is 0 Å². The first kappa shape index (κ1) is 15.0. The third kappa shape index (κ3) is 3.39. The predicted molar refractivity (Wildman–Crippen MR) is 73.2 cm³/mol. The zero-order valence-corrected chi connectivity index (χ0v) is 12.0. The number of para-hydroxylation sites is 1. The van der Waals surface area contributed by atoms with Gasteiger partial charge in [0, 0.05) is 12.8 Å². The summed E-state index contributed by atoms with van der Waals surface area (Å²) in [4.78, 5) is 39.5. The zero-order chi connectivity index (χ0) is 15.4. The minimum atomic E-state index is -0.614. The number of nitrogens with zero attached hydrogens (tertiary/aromatic N) is 1. The topological polar surface area (TPSA) is 72.9 Å². The molecule has 112 valence electrons. The number of ether oxygens (including phenoxy) is 1. The first-order valence-electron chi connectivity index (χ1n) is 6.72. The molecule has 1 unspecified atom stereocenters. The Kier molecular flexibility index (Phi) is 4.57. The molecule has 1 heterocycles. The van der Waals surface area contributed by atoms with E-state index >= 15 is 0 Å². The minimum absolute atomic E-state index is 0.0530. The van der Waals surface area contributed by atoms with E-state index < -0.39 is 17.8 Å². The van der Waals surface area contributed by atoms with Crippen molar-refractivity contribution < 1.29 is 24.0 Å². The number of hydroxylamine groups is 2. The second-order valence-electron chi connectivity index (χ2n) is 4.89. The van der Waals surface area contributed by atoms with E-state index in [-0.39, 0.29) is 25.2 Å². The number of rotatable bonds is 5. The van der Waals surface area contributed by atoms with Crippen LogP contribution in [-0.2, 0) is 19.2 Å². The highest BCUT2D eigenvalue weighted by Crippen LogP contribution is 2.28. The van der Waals surface area contributed by atoms with Gasteiger partial charge >= 0.3 is 5.97 Å². The van der Waals surface area contributed by atoms with E-state index in [1.165, 1.54) is 0 Å². The van der Waals surface area contributed by atoms with Crippen molar-refractivity contribution in [3.8, 4) is 5.75 Å². The third-order valence-corrected chi connectivity index (χ3v) is 3.34. The molecule has 1 atom stereocenters. The van der Waals surface area contributed by atoms with Crippen LogP contribution in [0.15, 0.2) is 24.3 Å². The molecule has 6 heteroatoms. The fourth-order valence-corrected chi connectivity index (χ4v) is 2.23. The lowest BCUT2D eigenvalue weighted by molar-refractivity contribution is -0.197. The smallest absolute Gasteiger partial charge is 0.333 e. The van der Waals surface area contributed by atoms with Crippen molar-refractivity contribution in [3.05, 3.63) is 29.8 Å². The Hall–Kier alpha value is -2.37. The average molecular weight is 291 g/mol. The van der Waals surface area contributed by atoms with Crippen molar-refractivity contribution in [2.24, 2.45) is 0 Å². The van der Waals surface area contributed by atoms with Crippen LogP contribution < -0.4 is 4.74 Å². The summed E-state index contributed by atoms with van der Waals surface area (Å²) in [5.74, 6) is -1.03. The summed E-state index contributed by atoms with van der Waals surface area (Å²) in [6.07, 6.45) is 0.236. The van der Waals surface area contributed by atoms with Gasteiger partial charge in [-0.15, -0.1) is 5.06 Å². The monoisotopic (exact) mass is 291 g/mol. The molecule has 2 rings (SSSR count). The van der Waals surface area contributed by atoms with Gasteiger partial charge < -0.3 is 9.57 Å². The predicted octanol–water partition coefficient (Wildman–Crippen LogP) is 1.80. The van der Waals surface area contributed by atoms with E-state index in [0.29, 0.717) is 10.8 Å². The molecule has 1 aromatic carbocycles. The lowest BCUT2D eigenvalue weighted by Crippen LogP contribution is -2.32. The lowest BCUT2D eigenvalue weighted by atomic mass is 9.97. The molecule has 0 bridgehead atoms. The molecule has 0 aliphatic carbocycles. The summed E-state index contributed by atoms with van der Waals surface area (Å²) in [5.41, 5.74) is 0.871. The number of amides is 2. The van der Waals surface area contributed by atoms with Crippen LogP contribution in [0.4, 0.5) is 0 Å². The Balaban J connectivity index is 1.99. The number of imide groups is 1. The maximum atomic E-state index is 11.9. The number of methoxy groups -OCH3 is 1. The normalized spacial score (nSPS) is 16.0. The highest BCUT2D eigenvalue weighted by molar-refractivity contribution is 6.01. The van der Waals surface area contributed by atoms with Crippen LogP contribution in [0.5, 0.6) is 5.75 Å². The van der Waals surface area contributed by atoms with Gasteiger partial charge in [-0.25, -0.2) is 4.79 Å². The molecule has 6 nitrogen and oxygen atoms in total. The maximum Gasteiger partial charge on any atom is 0.333 e. The van der Waals surface area contributed by atoms with Crippen LogP contribution in [0, 0.1) is 0 Å². The van der Waals surface area contributed by atoms with Gasteiger partial charge in [0.15, 0.2) is 0 Å². The largest absolute Gasteiger partial charge is 0.496 e. The van der Waals surface area contributed by atoms with Crippen molar-refractivity contribution in [3.63, 3.8) is 0 Å². The van der Waals surface area contributed by atoms with E-state index in [4.69, 9.17) is 9.57 Å². The number of carbonyl (C=O) groups is 3. The second kappa shape index (κ2) is 6.39. The summed E-state index contributed by atoms with van der Waals surface area (Å²) < 4.78 is 5.24. The molecule has 1 aliphatic heterocycles. The van der Waals surface area contributed by atoms with Gasteiger partial charge in [0.1, 0.15) is 5.75 Å². The molecule has 21 heavy (non-hydrogen) atoms. The SMILES string of the molecule is COc1ccccc1C(C)CC(=O)ON1C(=O)CCC1=O. The summed E-state index contributed by atoms with van der Waals surface area (Å²) >= 11 is 0. The van der Waals surface area contributed by atoms with Crippen molar-refractivity contribution in [2.45, 2.75) is 32.1 Å². The van der Waals surface area contributed by atoms with Crippen LogP contribution in [-0.4, -0.2) is 30.0 Å². The summed E-state index contributed by atoms with van der Waals surface area (Å²) in [6.45, 7) is 1.85. The van der Waals surface area contributed by atoms with Crippen molar-refractivity contribution in [1.82, 2.24) is 5.06 Å². The number of carbonyl (C=O) groups excluding carboxylic acids is 3. The Morgan fingerprint density at radius 1 is 1.24 bits per heavy atom. The molecule has 0 saturated carbocycles. The zero-order valence-electron chi connectivity index (χ0n) is 12.0. The molecular weight excluding hydrogens is 274 g/mol. The molecule has 1 saturated heterocycles. The van der Waals surface area contributed by atoms with Gasteiger partial charge in [0.05, 0.1) is 13.5 Å². The van der Waals surface area contributed by atoms with Crippen LogP contribution in [0.2, 0.25) is 0 Å². The van der Waals surface area contributed by atoms with Crippen LogP contribution in [0.1, 0.15) is 37.7 Å². The Labute approximate surface area is 122 Å².